The molecule has 0 atom stereocenters. The summed E-state index contributed by atoms with van der Waals surface area (Å²) in [7, 11) is 0. The lowest BCUT2D eigenvalue weighted by Crippen LogP contribution is -2.36. The van der Waals surface area contributed by atoms with E-state index >= 15 is 0 Å². The molecule has 0 saturated carbocycles. The largest absolute Gasteiger partial charge is 0.465 e. The van der Waals surface area contributed by atoms with E-state index in [1.54, 1.807) is 0 Å². The van der Waals surface area contributed by atoms with Crippen LogP contribution < -0.4 is 0 Å². The van der Waals surface area contributed by atoms with E-state index in [0.717, 1.165) is 16.7 Å². The van der Waals surface area contributed by atoms with E-state index in [4.69, 9.17) is 28.3 Å². The van der Waals surface area contributed by atoms with Crippen LogP contribution in [0.3, 0.4) is 0 Å². The van der Waals surface area contributed by atoms with Gasteiger partial charge in [0, 0.05) is 24.0 Å². The summed E-state index contributed by atoms with van der Waals surface area (Å²) in [6.07, 6.45) is -0.205. The Morgan fingerprint density at radius 1 is 1.33 bits per heavy atom. The summed E-state index contributed by atoms with van der Waals surface area (Å²) in [5.41, 5.74) is 3.17. The first kappa shape index (κ1) is 13.2. The van der Waals surface area contributed by atoms with Crippen LogP contribution in [0.5, 0.6) is 0 Å². The first-order chi connectivity index (χ1) is 8.61. The predicted octanol–water partition coefficient (Wildman–Crippen LogP) is 3.72. The summed E-state index contributed by atoms with van der Waals surface area (Å²) in [5.74, 6) is 0.349. The number of hydrogen-bond acceptors (Lipinski definition) is 1. The van der Waals surface area contributed by atoms with Crippen molar-refractivity contribution in [2.24, 2.45) is 0 Å². The molecule has 0 spiro atoms. The maximum absolute atomic E-state index is 10.9. The Morgan fingerprint density at radius 3 is 2.56 bits per heavy atom. The van der Waals surface area contributed by atoms with Gasteiger partial charge in [-0.3, -0.25) is 0 Å². The number of amides is 1. The zero-order chi connectivity index (χ0) is 13.1. The van der Waals surface area contributed by atoms with Gasteiger partial charge in [0.2, 0.25) is 0 Å². The Bertz CT molecular complexity index is 482. The molecule has 0 saturated heterocycles. The van der Waals surface area contributed by atoms with E-state index in [9.17, 15) is 4.79 Å². The molecule has 1 amide bonds. The Labute approximate surface area is 116 Å². The summed E-state index contributed by atoms with van der Waals surface area (Å²) in [4.78, 5) is 12.3. The maximum atomic E-state index is 10.9. The highest BCUT2D eigenvalue weighted by Crippen LogP contribution is 2.29. The molecule has 1 aliphatic heterocycles. The molecule has 1 aliphatic rings. The van der Waals surface area contributed by atoms with E-state index < -0.39 is 6.09 Å². The number of carboxylic acid groups (broad SMARTS) is 1. The van der Waals surface area contributed by atoms with Crippen molar-refractivity contribution in [1.82, 2.24) is 4.90 Å². The molecule has 0 fully saturated rings. The second kappa shape index (κ2) is 5.63. The van der Waals surface area contributed by atoms with Crippen LogP contribution in [0.1, 0.15) is 12.0 Å². The third kappa shape index (κ3) is 2.79. The summed E-state index contributed by atoms with van der Waals surface area (Å²) in [6, 6.07) is 7.56. The second-order valence-electron chi connectivity index (χ2n) is 4.18. The van der Waals surface area contributed by atoms with Crippen molar-refractivity contribution >= 4 is 34.9 Å². The minimum atomic E-state index is -0.896. The van der Waals surface area contributed by atoms with E-state index in [-0.39, 0.29) is 0 Å². The van der Waals surface area contributed by atoms with Gasteiger partial charge >= 0.3 is 6.09 Å². The van der Waals surface area contributed by atoms with Crippen LogP contribution in [0.25, 0.3) is 5.57 Å². The first-order valence-electron chi connectivity index (χ1n) is 5.62. The number of alkyl halides is 1. The molecule has 3 nitrogen and oxygen atoms in total. The zero-order valence-electron chi connectivity index (χ0n) is 9.70. The van der Waals surface area contributed by atoms with Gasteiger partial charge in [0.1, 0.15) is 0 Å². The topological polar surface area (TPSA) is 40.5 Å². The summed E-state index contributed by atoms with van der Waals surface area (Å²) in [5, 5.41) is 9.68. The van der Waals surface area contributed by atoms with Crippen molar-refractivity contribution in [3.05, 3.63) is 40.4 Å². The SMILES string of the molecule is O=C(O)N1CCC(c2ccc(Cl)cc2)=C(CCl)C1. The minimum Gasteiger partial charge on any atom is -0.465 e. The van der Waals surface area contributed by atoms with Crippen molar-refractivity contribution in [1.29, 1.82) is 0 Å². The van der Waals surface area contributed by atoms with Crippen LogP contribution in [-0.2, 0) is 0 Å². The van der Waals surface area contributed by atoms with E-state index in [1.807, 2.05) is 24.3 Å². The first-order valence-corrected chi connectivity index (χ1v) is 6.53. The van der Waals surface area contributed by atoms with Crippen LogP contribution in [0.15, 0.2) is 29.8 Å². The number of halogens is 2. The predicted molar refractivity (Wildman–Crippen MR) is 73.3 cm³/mol. The number of carbonyl (C=O) groups is 1. The van der Waals surface area contributed by atoms with Gasteiger partial charge in [0.25, 0.3) is 0 Å². The normalized spacial score (nSPS) is 16.0. The molecule has 5 heteroatoms. The van der Waals surface area contributed by atoms with Crippen LogP contribution in [0.2, 0.25) is 5.02 Å². The van der Waals surface area contributed by atoms with Gasteiger partial charge in [-0.25, -0.2) is 4.79 Å². The van der Waals surface area contributed by atoms with Gasteiger partial charge in [-0.1, -0.05) is 23.7 Å². The number of nitrogens with zero attached hydrogens (tertiary/aromatic N) is 1. The minimum absolute atomic E-state index is 0.349. The molecule has 0 unspecified atom stereocenters. The quantitative estimate of drug-likeness (QED) is 0.842. The molecule has 1 heterocycles. The van der Waals surface area contributed by atoms with Gasteiger partial charge in [-0.15, -0.1) is 11.6 Å². The van der Waals surface area contributed by atoms with Gasteiger partial charge in [-0.05, 0) is 35.3 Å². The lowest BCUT2D eigenvalue weighted by atomic mass is 9.94. The third-order valence-electron chi connectivity index (χ3n) is 3.06. The van der Waals surface area contributed by atoms with Crippen molar-refractivity contribution in [2.45, 2.75) is 6.42 Å². The lowest BCUT2D eigenvalue weighted by Gasteiger charge is -2.28. The molecule has 0 aromatic heterocycles. The van der Waals surface area contributed by atoms with Gasteiger partial charge in [-0.2, -0.15) is 0 Å². The summed E-state index contributed by atoms with van der Waals surface area (Å²) < 4.78 is 0. The van der Waals surface area contributed by atoms with Crippen LogP contribution in [-0.4, -0.2) is 35.1 Å². The molecular formula is C13H13Cl2NO2. The summed E-state index contributed by atoms with van der Waals surface area (Å²) >= 11 is 11.8. The Hall–Kier alpha value is -1.19. The number of rotatable bonds is 2. The molecule has 0 bridgehead atoms. The van der Waals surface area contributed by atoms with E-state index in [2.05, 4.69) is 0 Å². The van der Waals surface area contributed by atoms with Gasteiger partial charge in [0.05, 0.1) is 0 Å². The van der Waals surface area contributed by atoms with Gasteiger partial charge < -0.3 is 10.0 Å². The molecule has 0 radical (unpaired) electrons. The fourth-order valence-corrected chi connectivity index (χ4v) is 2.49. The molecule has 1 aromatic carbocycles. The standard InChI is InChI=1S/C13H13Cl2NO2/c14-7-10-8-16(13(17)18)6-5-12(10)9-1-3-11(15)4-2-9/h1-4H,5-8H2,(H,17,18). The van der Waals surface area contributed by atoms with Crippen molar-refractivity contribution in [2.75, 3.05) is 19.0 Å². The highest BCUT2D eigenvalue weighted by molar-refractivity contribution is 6.30. The average molecular weight is 286 g/mol. The molecule has 18 heavy (non-hydrogen) atoms. The fraction of sp³-hybridized carbons (Fsp3) is 0.308. The third-order valence-corrected chi connectivity index (χ3v) is 3.64. The molecule has 0 aliphatic carbocycles. The van der Waals surface area contributed by atoms with E-state index in [1.165, 1.54) is 4.90 Å². The van der Waals surface area contributed by atoms with Crippen molar-refractivity contribution in [3.63, 3.8) is 0 Å². The van der Waals surface area contributed by atoms with E-state index in [0.29, 0.717) is 30.4 Å². The maximum Gasteiger partial charge on any atom is 0.407 e. The molecule has 96 valence electrons. The van der Waals surface area contributed by atoms with Gasteiger partial charge in [0.15, 0.2) is 0 Å². The average Bonchev–Trinajstić information content (AvgIpc) is 2.39. The monoisotopic (exact) mass is 285 g/mol. The number of benzene rings is 1. The lowest BCUT2D eigenvalue weighted by molar-refractivity contribution is 0.149. The van der Waals surface area contributed by atoms with Crippen molar-refractivity contribution in [3.8, 4) is 0 Å². The Morgan fingerprint density at radius 2 is 2.00 bits per heavy atom. The van der Waals surface area contributed by atoms with Crippen LogP contribution in [0, 0.1) is 0 Å². The molecule has 1 N–H and O–H groups in total. The number of hydrogen-bond donors (Lipinski definition) is 1. The van der Waals surface area contributed by atoms with Crippen LogP contribution >= 0.6 is 23.2 Å². The second-order valence-corrected chi connectivity index (χ2v) is 4.88. The van der Waals surface area contributed by atoms with Crippen molar-refractivity contribution < 1.29 is 9.90 Å². The highest BCUT2D eigenvalue weighted by atomic mass is 35.5. The summed E-state index contributed by atoms with van der Waals surface area (Å²) in [6.45, 7) is 0.893. The molecular weight excluding hydrogens is 273 g/mol. The van der Waals surface area contributed by atoms with Crippen LogP contribution in [0.4, 0.5) is 4.79 Å². The molecule has 1 aromatic rings. The smallest absolute Gasteiger partial charge is 0.407 e. The Balaban J connectivity index is 2.30. The fourth-order valence-electron chi connectivity index (χ4n) is 2.11. The zero-order valence-corrected chi connectivity index (χ0v) is 11.2. The molecule has 2 rings (SSSR count). The Kier molecular flexibility index (Phi) is 4.15. The highest BCUT2D eigenvalue weighted by Gasteiger charge is 2.22.